The molecule has 1 aromatic rings. The zero-order chi connectivity index (χ0) is 20.0. The van der Waals surface area contributed by atoms with E-state index in [1.165, 1.54) is 0 Å². The lowest BCUT2D eigenvalue weighted by molar-refractivity contribution is -0.128. The van der Waals surface area contributed by atoms with Crippen molar-refractivity contribution < 1.29 is 9.59 Å². The van der Waals surface area contributed by atoms with Gasteiger partial charge in [0.1, 0.15) is 0 Å². The Morgan fingerprint density at radius 1 is 1.19 bits per heavy atom. The Bertz CT molecular complexity index is 689. The number of nitrogens with zero attached hydrogens (tertiary/aromatic N) is 4. The number of hydrogen-bond donors (Lipinski definition) is 1. The van der Waals surface area contributed by atoms with Gasteiger partial charge in [0.05, 0.1) is 5.69 Å². The molecule has 0 unspecified atom stereocenters. The van der Waals surface area contributed by atoms with Crippen LogP contribution >= 0.6 is 0 Å². The summed E-state index contributed by atoms with van der Waals surface area (Å²) in [5.74, 6) is -0.0938. The standard InChI is InChI=1S/C20H31N5O2/c1-6-7-15(2)19(27)25-12-10-24(11-13-25)14-20(4,5)21-18(26)17-9-8-16(3)22-23-17/h7-9H,6,10-14H2,1-5H3,(H,21,26)/b15-7+. The van der Waals surface area contributed by atoms with Crippen LogP contribution in [-0.2, 0) is 4.79 Å². The van der Waals surface area contributed by atoms with Crippen LogP contribution in [0.15, 0.2) is 23.8 Å². The van der Waals surface area contributed by atoms with Gasteiger partial charge < -0.3 is 10.2 Å². The molecule has 1 aliphatic heterocycles. The van der Waals surface area contributed by atoms with E-state index in [9.17, 15) is 9.59 Å². The summed E-state index contributed by atoms with van der Waals surface area (Å²) in [6.07, 6.45) is 2.85. The number of aromatic nitrogens is 2. The molecule has 0 radical (unpaired) electrons. The molecule has 1 fully saturated rings. The Morgan fingerprint density at radius 2 is 1.85 bits per heavy atom. The smallest absolute Gasteiger partial charge is 0.272 e. The van der Waals surface area contributed by atoms with Crippen molar-refractivity contribution in [1.82, 2.24) is 25.3 Å². The van der Waals surface area contributed by atoms with Gasteiger partial charge in [0.15, 0.2) is 5.69 Å². The van der Waals surface area contributed by atoms with Crippen LogP contribution in [0.2, 0.25) is 0 Å². The van der Waals surface area contributed by atoms with Gasteiger partial charge in [-0.3, -0.25) is 14.5 Å². The maximum Gasteiger partial charge on any atom is 0.272 e. The molecule has 1 N–H and O–H groups in total. The summed E-state index contributed by atoms with van der Waals surface area (Å²) in [6.45, 7) is 13.5. The van der Waals surface area contributed by atoms with E-state index < -0.39 is 5.54 Å². The minimum Gasteiger partial charge on any atom is -0.344 e. The third-order valence-corrected chi connectivity index (χ3v) is 4.61. The highest BCUT2D eigenvalue weighted by molar-refractivity contribution is 5.93. The number of carbonyl (C=O) groups is 2. The Labute approximate surface area is 161 Å². The van der Waals surface area contributed by atoms with Crippen LogP contribution < -0.4 is 5.32 Å². The SMILES string of the molecule is CC/C=C(\C)C(=O)N1CCN(CC(C)(C)NC(=O)c2ccc(C)nn2)CC1. The maximum absolute atomic E-state index is 12.4. The second-order valence-electron chi connectivity index (χ2n) is 7.76. The number of carbonyl (C=O) groups excluding carboxylic acids is 2. The molecule has 7 nitrogen and oxygen atoms in total. The minimum atomic E-state index is -0.409. The van der Waals surface area contributed by atoms with Crippen LogP contribution in [0.1, 0.15) is 50.3 Å². The summed E-state index contributed by atoms with van der Waals surface area (Å²) in [6, 6.07) is 3.46. The van der Waals surface area contributed by atoms with Gasteiger partial charge in [-0.2, -0.15) is 5.10 Å². The van der Waals surface area contributed by atoms with Gasteiger partial charge in [-0.05, 0) is 46.2 Å². The van der Waals surface area contributed by atoms with Crippen molar-refractivity contribution in [3.63, 3.8) is 0 Å². The molecule has 7 heteroatoms. The fourth-order valence-corrected chi connectivity index (χ4v) is 3.24. The molecule has 0 atom stereocenters. The molecule has 148 valence electrons. The molecule has 0 saturated carbocycles. The largest absolute Gasteiger partial charge is 0.344 e. The summed E-state index contributed by atoms with van der Waals surface area (Å²) in [4.78, 5) is 29.0. The molecule has 1 saturated heterocycles. The molecule has 2 amide bonds. The van der Waals surface area contributed by atoms with Gasteiger partial charge in [-0.25, -0.2) is 0 Å². The van der Waals surface area contributed by atoms with Crippen molar-refractivity contribution in [1.29, 1.82) is 0 Å². The lowest BCUT2D eigenvalue weighted by atomic mass is 10.0. The number of allylic oxidation sites excluding steroid dienone is 1. The predicted molar refractivity (Wildman–Crippen MR) is 105 cm³/mol. The lowest BCUT2D eigenvalue weighted by Crippen LogP contribution is -2.56. The molecule has 0 aromatic carbocycles. The molecule has 0 aliphatic carbocycles. The molecule has 27 heavy (non-hydrogen) atoms. The topological polar surface area (TPSA) is 78.4 Å². The normalized spacial score (nSPS) is 16.3. The average Bonchev–Trinajstić information content (AvgIpc) is 2.61. The lowest BCUT2D eigenvalue weighted by Gasteiger charge is -2.39. The number of piperazine rings is 1. The summed E-state index contributed by atoms with van der Waals surface area (Å²) >= 11 is 0. The molecule has 1 aromatic heterocycles. The van der Waals surface area contributed by atoms with Gasteiger partial charge in [0.2, 0.25) is 5.91 Å². The molecule has 0 bridgehead atoms. The fraction of sp³-hybridized carbons (Fsp3) is 0.600. The van der Waals surface area contributed by atoms with Crippen LogP contribution in [0.5, 0.6) is 0 Å². The van der Waals surface area contributed by atoms with Crippen molar-refractivity contribution in [2.45, 2.75) is 46.6 Å². The minimum absolute atomic E-state index is 0.127. The van der Waals surface area contributed by atoms with E-state index in [4.69, 9.17) is 0 Å². The first-order valence-electron chi connectivity index (χ1n) is 9.53. The maximum atomic E-state index is 12.4. The third kappa shape index (κ3) is 6.13. The summed E-state index contributed by atoms with van der Waals surface area (Å²) in [5.41, 5.74) is 1.51. The highest BCUT2D eigenvalue weighted by atomic mass is 16.2. The number of hydrogen-bond acceptors (Lipinski definition) is 5. The first-order valence-corrected chi connectivity index (χ1v) is 9.53. The Balaban J connectivity index is 1.86. The van der Waals surface area contributed by atoms with Crippen molar-refractivity contribution >= 4 is 11.8 Å². The van der Waals surface area contributed by atoms with Crippen LogP contribution in [0.4, 0.5) is 0 Å². The zero-order valence-corrected chi connectivity index (χ0v) is 17.1. The first-order chi connectivity index (χ1) is 12.7. The van der Waals surface area contributed by atoms with Gasteiger partial charge in [0.25, 0.3) is 5.91 Å². The Hall–Kier alpha value is -2.28. The highest BCUT2D eigenvalue weighted by Crippen LogP contribution is 2.12. The quantitative estimate of drug-likeness (QED) is 0.769. The fourth-order valence-electron chi connectivity index (χ4n) is 3.24. The number of amides is 2. The summed E-state index contributed by atoms with van der Waals surface area (Å²) in [7, 11) is 0. The van der Waals surface area contributed by atoms with E-state index in [1.54, 1.807) is 12.1 Å². The Kier molecular flexibility index (Phi) is 7.07. The molecule has 1 aliphatic rings. The zero-order valence-electron chi connectivity index (χ0n) is 17.1. The molecule has 2 heterocycles. The van der Waals surface area contributed by atoms with Crippen LogP contribution in [0, 0.1) is 6.92 Å². The number of rotatable bonds is 6. The summed E-state index contributed by atoms with van der Waals surface area (Å²) in [5, 5.41) is 10.9. The van der Waals surface area contributed by atoms with Gasteiger partial charge in [-0.15, -0.1) is 5.10 Å². The number of nitrogens with one attached hydrogen (secondary N) is 1. The van der Waals surface area contributed by atoms with Crippen LogP contribution in [0.25, 0.3) is 0 Å². The predicted octanol–water partition coefficient (Wildman–Crippen LogP) is 1.79. The van der Waals surface area contributed by atoms with Crippen LogP contribution in [-0.4, -0.2) is 70.1 Å². The van der Waals surface area contributed by atoms with E-state index in [0.29, 0.717) is 25.3 Å². The second kappa shape index (κ2) is 9.08. The van der Waals surface area contributed by atoms with Gasteiger partial charge >= 0.3 is 0 Å². The monoisotopic (exact) mass is 373 g/mol. The molecule has 2 rings (SSSR count). The molecule has 0 spiro atoms. The van der Waals surface area contributed by atoms with Gasteiger partial charge in [0, 0.05) is 43.8 Å². The van der Waals surface area contributed by atoms with Crippen molar-refractivity contribution in [3.8, 4) is 0 Å². The molecular formula is C20H31N5O2. The van der Waals surface area contributed by atoms with Crippen molar-refractivity contribution in [3.05, 3.63) is 35.2 Å². The van der Waals surface area contributed by atoms with Crippen LogP contribution in [0.3, 0.4) is 0 Å². The van der Waals surface area contributed by atoms with E-state index in [-0.39, 0.29) is 11.8 Å². The van der Waals surface area contributed by atoms with Crippen molar-refractivity contribution in [2.24, 2.45) is 0 Å². The second-order valence-corrected chi connectivity index (χ2v) is 7.76. The van der Waals surface area contributed by atoms with Crippen molar-refractivity contribution in [2.75, 3.05) is 32.7 Å². The van der Waals surface area contributed by atoms with E-state index in [2.05, 4.69) is 20.4 Å². The van der Waals surface area contributed by atoms with E-state index in [1.807, 2.05) is 45.6 Å². The average molecular weight is 374 g/mol. The third-order valence-electron chi connectivity index (χ3n) is 4.61. The van der Waals surface area contributed by atoms with E-state index in [0.717, 1.165) is 30.8 Å². The highest BCUT2D eigenvalue weighted by Gasteiger charge is 2.28. The number of aryl methyl sites for hydroxylation is 1. The molecular weight excluding hydrogens is 342 g/mol. The first kappa shape index (κ1) is 21.0. The van der Waals surface area contributed by atoms with Gasteiger partial charge in [-0.1, -0.05) is 13.0 Å². The Morgan fingerprint density at radius 3 is 2.41 bits per heavy atom. The summed E-state index contributed by atoms with van der Waals surface area (Å²) < 4.78 is 0. The van der Waals surface area contributed by atoms with E-state index >= 15 is 0 Å².